The van der Waals surface area contributed by atoms with Crippen LogP contribution in [0.3, 0.4) is 0 Å². The van der Waals surface area contributed by atoms with Crippen LogP contribution in [0.2, 0.25) is 0 Å². The number of nitrogens with zero attached hydrogens (tertiary/aromatic N) is 3. The summed E-state index contributed by atoms with van der Waals surface area (Å²) in [5.74, 6) is 0. The fraction of sp³-hybridized carbons (Fsp3) is 0. The average molecular weight is 1010 g/mol. The van der Waals surface area contributed by atoms with Crippen LogP contribution < -0.4 is 16.4 Å². The van der Waals surface area contributed by atoms with E-state index in [1.807, 2.05) is 0 Å². The van der Waals surface area contributed by atoms with Gasteiger partial charge in [-0.1, -0.05) is 206 Å². The van der Waals surface area contributed by atoms with E-state index >= 15 is 0 Å². The molecule has 2 aliphatic heterocycles. The lowest BCUT2D eigenvalue weighted by Gasteiger charge is -2.35. The summed E-state index contributed by atoms with van der Waals surface area (Å²) in [6.45, 7) is -0.0791. The van der Waals surface area contributed by atoms with E-state index < -0.39 is 0 Å². The normalized spacial score (nSPS) is 12.7. The molecule has 80 heavy (non-hydrogen) atoms. The predicted molar refractivity (Wildman–Crippen MR) is 338 cm³/mol. The molecule has 366 valence electrons. The van der Waals surface area contributed by atoms with E-state index in [4.69, 9.17) is 0 Å². The molecular weight excluding hydrogens is 966 g/mol. The minimum absolute atomic E-state index is 0.0791. The van der Waals surface area contributed by atoms with Crippen molar-refractivity contribution in [3.63, 3.8) is 0 Å². The minimum atomic E-state index is -0.0791. The Morgan fingerprint density at radius 2 is 0.688 bits per heavy atom. The first-order valence-electron chi connectivity index (χ1n) is 27.9. The molecule has 4 heteroatoms. The molecule has 3 nitrogen and oxygen atoms in total. The van der Waals surface area contributed by atoms with Gasteiger partial charge in [0.1, 0.15) is 0 Å². The highest BCUT2D eigenvalue weighted by atomic mass is 15.1. The Kier molecular flexibility index (Phi) is 8.34. The van der Waals surface area contributed by atoms with Gasteiger partial charge in [-0.2, -0.15) is 0 Å². The van der Waals surface area contributed by atoms with Gasteiger partial charge in [0.2, 0.25) is 0 Å². The number of fused-ring (bicyclic) bond motifs is 14. The zero-order chi connectivity index (χ0) is 51.9. The van der Waals surface area contributed by atoms with Crippen molar-refractivity contribution in [3.8, 4) is 83.8 Å². The lowest BCUT2D eigenvalue weighted by molar-refractivity contribution is 1.10. The molecule has 16 aromatic rings. The smallest absolute Gasteiger partial charge is 0.252 e. The maximum absolute atomic E-state index is 2.68. The third-order valence-corrected chi connectivity index (χ3v) is 18.3. The Morgan fingerprint density at radius 1 is 0.250 bits per heavy atom. The van der Waals surface area contributed by atoms with Crippen molar-refractivity contribution in [3.05, 3.63) is 267 Å². The van der Waals surface area contributed by atoms with Crippen LogP contribution in [-0.2, 0) is 0 Å². The maximum Gasteiger partial charge on any atom is 0.252 e. The molecule has 3 aliphatic rings. The molecule has 0 spiro atoms. The highest BCUT2D eigenvalue weighted by Gasteiger charge is 2.43. The first kappa shape index (κ1) is 42.7. The summed E-state index contributed by atoms with van der Waals surface area (Å²) in [5, 5.41) is 10.3. The Balaban J connectivity index is 0.999. The minimum Gasteiger partial charge on any atom is -0.310 e. The summed E-state index contributed by atoms with van der Waals surface area (Å²) in [6.07, 6.45) is 0. The molecule has 0 atom stereocenters. The molecule has 0 unspecified atom stereocenters. The van der Waals surface area contributed by atoms with Gasteiger partial charge in [0, 0.05) is 49.2 Å². The van der Waals surface area contributed by atoms with Crippen molar-refractivity contribution in [1.29, 1.82) is 0 Å². The maximum atomic E-state index is 2.68. The third kappa shape index (κ3) is 5.59. The van der Waals surface area contributed by atoms with Crippen LogP contribution in [0.4, 0.5) is 0 Å². The SMILES string of the molecule is c1ccc(-c2ccc3c(c2)c2cc(-c4ccccc4)ccc2n3-c2cc3c4c(c2)-n2c5cccc6c5c5c7c(cccc7cc(c52)B4c2cc(-c4ccccc4)cc4c5cc(-c7ccccc7)ccc5n-3c24)-c2ccccc2-6)cc1. The largest absolute Gasteiger partial charge is 0.310 e. The van der Waals surface area contributed by atoms with Crippen molar-refractivity contribution in [2.75, 3.05) is 0 Å². The molecule has 13 aromatic carbocycles. The molecule has 0 fully saturated rings. The van der Waals surface area contributed by atoms with Gasteiger partial charge in [-0.15, -0.1) is 0 Å². The van der Waals surface area contributed by atoms with E-state index in [0.717, 1.165) is 5.69 Å². The molecular formula is C76H44BN3. The van der Waals surface area contributed by atoms with E-state index in [-0.39, 0.29) is 6.71 Å². The van der Waals surface area contributed by atoms with E-state index in [9.17, 15) is 0 Å². The van der Waals surface area contributed by atoms with Crippen molar-refractivity contribution in [2.24, 2.45) is 0 Å². The molecule has 0 saturated carbocycles. The zero-order valence-corrected chi connectivity index (χ0v) is 43.3. The zero-order valence-electron chi connectivity index (χ0n) is 43.3. The van der Waals surface area contributed by atoms with Crippen molar-refractivity contribution >= 4 is 99.3 Å². The predicted octanol–water partition coefficient (Wildman–Crippen LogP) is 17.6. The quantitative estimate of drug-likeness (QED) is 0.153. The highest BCUT2D eigenvalue weighted by Crippen LogP contribution is 2.51. The van der Waals surface area contributed by atoms with Gasteiger partial charge in [0.25, 0.3) is 6.71 Å². The van der Waals surface area contributed by atoms with Crippen molar-refractivity contribution < 1.29 is 0 Å². The Hall–Kier alpha value is -10.4. The summed E-state index contributed by atoms with van der Waals surface area (Å²) in [5.41, 5.74) is 29.8. The Morgan fingerprint density at radius 3 is 1.25 bits per heavy atom. The fourth-order valence-electron chi connectivity index (χ4n) is 15.0. The third-order valence-electron chi connectivity index (χ3n) is 18.3. The second kappa shape index (κ2) is 15.6. The van der Waals surface area contributed by atoms with E-state index in [0.29, 0.717) is 0 Å². The number of hydrogen-bond acceptors (Lipinski definition) is 0. The summed E-state index contributed by atoms with van der Waals surface area (Å²) in [6, 6.07) is 101. The van der Waals surface area contributed by atoms with Gasteiger partial charge in [-0.05, 0) is 155 Å². The van der Waals surface area contributed by atoms with Gasteiger partial charge in [-0.25, -0.2) is 0 Å². The van der Waals surface area contributed by atoms with Crippen LogP contribution in [0.25, 0.3) is 160 Å². The van der Waals surface area contributed by atoms with Crippen LogP contribution in [0.5, 0.6) is 0 Å². The number of rotatable bonds is 5. The van der Waals surface area contributed by atoms with Crippen LogP contribution in [0, 0.1) is 0 Å². The Labute approximate surface area is 461 Å². The van der Waals surface area contributed by atoms with Crippen molar-refractivity contribution in [1.82, 2.24) is 13.7 Å². The second-order valence-electron chi connectivity index (χ2n) is 22.3. The van der Waals surface area contributed by atoms with Crippen LogP contribution in [-0.4, -0.2) is 20.4 Å². The summed E-state index contributed by atoms with van der Waals surface area (Å²) >= 11 is 0. The lowest BCUT2D eigenvalue weighted by atomic mass is 9.34. The molecule has 0 radical (unpaired) electrons. The van der Waals surface area contributed by atoms with Gasteiger partial charge in [0.15, 0.2) is 0 Å². The molecule has 0 saturated heterocycles. The number of hydrogen-bond donors (Lipinski definition) is 0. The second-order valence-corrected chi connectivity index (χ2v) is 22.3. The van der Waals surface area contributed by atoms with Crippen molar-refractivity contribution in [2.45, 2.75) is 0 Å². The summed E-state index contributed by atoms with van der Waals surface area (Å²) in [7, 11) is 0. The van der Waals surface area contributed by atoms with Gasteiger partial charge in [-0.3, -0.25) is 0 Å². The molecule has 0 amide bonds. The molecule has 1 aliphatic carbocycles. The highest BCUT2D eigenvalue weighted by molar-refractivity contribution is 7.00. The van der Waals surface area contributed by atoms with Gasteiger partial charge in [0.05, 0.1) is 33.3 Å². The van der Waals surface area contributed by atoms with Crippen LogP contribution >= 0.6 is 0 Å². The van der Waals surface area contributed by atoms with Crippen LogP contribution in [0.1, 0.15) is 0 Å². The van der Waals surface area contributed by atoms with Gasteiger partial charge >= 0.3 is 0 Å². The van der Waals surface area contributed by atoms with Gasteiger partial charge < -0.3 is 13.7 Å². The fourth-order valence-corrected chi connectivity index (χ4v) is 15.0. The molecule has 19 rings (SSSR count). The summed E-state index contributed by atoms with van der Waals surface area (Å²) < 4.78 is 7.89. The number of aromatic nitrogens is 3. The van der Waals surface area contributed by atoms with Crippen LogP contribution in [0.15, 0.2) is 267 Å². The molecule has 0 bridgehead atoms. The lowest BCUT2D eigenvalue weighted by Crippen LogP contribution is -2.59. The standard InChI is InChI=1S/C76H44BN3/c1-5-17-45(18-6-1)49-31-34-65-59(37-49)60-38-50(46-19-7-2-8-20-46)32-35-66(60)78(65)54-43-69-74-70(44-54)80-68-30-16-29-58-56-27-14-13-26-55(56)57-28-15-25-52-41-64(76(80)73(71(52)57)72(58)68)77(74)63-42-53(48-23-11-4-12-24-48)40-62-61-39-51(47-21-9-3-10-22-47)33-36-67(61)79(69)75(62)63/h1-44H. The topological polar surface area (TPSA) is 14.8 Å². The first-order valence-corrected chi connectivity index (χ1v) is 27.9. The Bertz CT molecular complexity index is 5300. The molecule has 3 aromatic heterocycles. The number of benzene rings is 13. The van der Waals surface area contributed by atoms with E-state index in [2.05, 4.69) is 281 Å². The molecule has 0 N–H and O–H groups in total. The van der Waals surface area contributed by atoms with E-state index in [1.54, 1.807) is 0 Å². The first-order chi connectivity index (χ1) is 39.7. The monoisotopic (exact) mass is 1010 g/mol. The average Bonchev–Trinajstić information content (AvgIpc) is 4.21. The summed E-state index contributed by atoms with van der Waals surface area (Å²) in [4.78, 5) is 0. The molecule has 5 heterocycles. The van der Waals surface area contributed by atoms with E-state index in [1.165, 1.54) is 171 Å².